The third-order valence-electron chi connectivity index (χ3n) is 5.43. The van der Waals surface area contributed by atoms with Gasteiger partial charge in [0.15, 0.2) is 5.58 Å². The molecule has 0 amide bonds. The highest BCUT2D eigenvalue weighted by molar-refractivity contribution is 6.31. The number of hydrogen-bond acceptors (Lipinski definition) is 6. The Morgan fingerprint density at radius 2 is 2.07 bits per heavy atom. The molecule has 0 unspecified atom stereocenters. The molecule has 0 spiro atoms. The molecule has 1 N–H and O–H groups in total. The fourth-order valence-corrected chi connectivity index (χ4v) is 4.28. The van der Waals surface area contributed by atoms with Gasteiger partial charge in [0, 0.05) is 23.7 Å². The van der Waals surface area contributed by atoms with Crippen molar-refractivity contribution < 1.29 is 9.52 Å². The molecule has 148 valence electrons. The lowest BCUT2D eigenvalue weighted by Gasteiger charge is -2.27. The average molecular weight is 417 g/mol. The molecule has 3 heterocycles. The van der Waals surface area contributed by atoms with Crippen LogP contribution in [0.2, 0.25) is 5.02 Å². The second-order valence-electron chi connectivity index (χ2n) is 7.36. The number of phenolic OH excluding ortho intramolecular Hbond substituents is 1. The molecular weight excluding hydrogens is 400 g/mol. The molecule has 30 heavy (non-hydrogen) atoms. The van der Waals surface area contributed by atoms with Crippen LogP contribution in [0.25, 0.3) is 22.5 Å². The van der Waals surface area contributed by atoms with Gasteiger partial charge in [0.1, 0.15) is 5.75 Å². The predicted molar refractivity (Wildman–Crippen MR) is 115 cm³/mol. The summed E-state index contributed by atoms with van der Waals surface area (Å²) in [6.07, 6.45) is 0.758. The topological polar surface area (TPSA) is 86.2 Å². The number of nitrogens with zero attached hydrogens (tertiary/aromatic N) is 4. The van der Waals surface area contributed by atoms with Crippen LogP contribution in [0, 0.1) is 18.3 Å². The maximum Gasteiger partial charge on any atom is 0.300 e. The van der Waals surface area contributed by atoms with E-state index in [1.807, 2.05) is 31.2 Å². The summed E-state index contributed by atoms with van der Waals surface area (Å²) in [5.41, 5.74) is 6.06. The van der Waals surface area contributed by atoms with Gasteiger partial charge in [-0.1, -0.05) is 23.7 Å². The number of pyridine rings is 1. The van der Waals surface area contributed by atoms with Crippen molar-refractivity contribution in [2.45, 2.75) is 19.9 Å². The van der Waals surface area contributed by atoms with E-state index in [-0.39, 0.29) is 5.75 Å². The number of aryl methyl sites for hydroxylation is 1. The van der Waals surface area contributed by atoms with Gasteiger partial charge in [-0.15, -0.1) is 0 Å². The van der Waals surface area contributed by atoms with Crippen LogP contribution in [0.15, 0.2) is 46.9 Å². The fraction of sp³-hybridized carbons (Fsp3) is 0.174. The van der Waals surface area contributed by atoms with E-state index in [1.165, 1.54) is 6.07 Å². The Morgan fingerprint density at radius 3 is 2.87 bits per heavy atom. The molecule has 2 aromatic carbocycles. The molecule has 1 aliphatic heterocycles. The van der Waals surface area contributed by atoms with E-state index in [9.17, 15) is 10.4 Å². The Hall–Kier alpha value is -3.56. The van der Waals surface area contributed by atoms with Crippen molar-refractivity contribution in [1.29, 1.82) is 5.26 Å². The van der Waals surface area contributed by atoms with E-state index < -0.39 is 0 Å². The SMILES string of the molecule is Cc1cc(Cl)cc(O)c1-c1ccc2oc(N3CCc4c(C#N)cccc4C3)nc2n1. The van der Waals surface area contributed by atoms with Crippen molar-refractivity contribution >= 4 is 28.8 Å². The number of benzene rings is 2. The minimum Gasteiger partial charge on any atom is -0.507 e. The fourth-order valence-electron chi connectivity index (χ4n) is 4.02. The zero-order valence-electron chi connectivity index (χ0n) is 16.2. The van der Waals surface area contributed by atoms with Crippen molar-refractivity contribution in [2.75, 3.05) is 11.4 Å². The molecule has 0 fully saturated rings. The predicted octanol–water partition coefficient (Wildman–Crippen LogP) is 4.99. The number of rotatable bonds is 2. The highest BCUT2D eigenvalue weighted by atomic mass is 35.5. The summed E-state index contributed by atoms with van der Waals surface area (Å²) in [5, 5.41) is 20.1. The number of phenols is 1. The van der Waals surface area contributed by atoms with Crippen molar-refractivity contribution in [3.63, 3.8) is 0 Å². The molecule has 1 aliphatic rings. The second kappa shape index (κ2) is 7.05. The molecular formula is C23H17ClN4O2. The van der Waals surface area contributed by atoms with E-state index in [0.717, 1.165) is 28.7 Å². The maximum absolute atomic E-state index is 10.3. The zero-order valence-corrected chi connectivity index (χ0v) is 16.9. The van der Waals surface area contributed by atoms with Gasteiger partial charge in [0.25, 0.3) is 6.01 Å². The smallest absolute Gasteiger partial charge is 0.300 e. The highest BCUT2D eigenvalue weighted by Gasteiger charge is 2.23. The van der Waals surface area contributed by atoms with Crippen molar-refractivity contribution in [3.05, 3.63) is 69.7 Å². The zero-order chi connectivity index (χ0) is 20.8. The molecule has 0 bridgehead atoms. The molecule has 0 radical (unpaired) electrons. The van der Waals surface area contributed by atoms with E-state index in [2.05, 4.69) is 20.9 Å². The number of halogens is 1. The highest BCUT2D eigenvalue weighted by Crippen LogP contribution is 2.35. The molecule has 5 rings (SSSR count). The van der Waals surface area contributed by atoms with Crippen LogP contribution in [0.3, 0.4) is 0 Å². The third-order valence-corrected chi connectivity index (χ3v) is 5.65. The van der Waals surface area contributed by atoms with Crippen LogP contribution in [-0.2, 0) is 13.0 Å². The first-order chi connectivity index (χ1) is 14.5. The number of aromatic nitrogens is 2. The Balaban J connectivity index is 1.50. The lowest BCUT2D eigenvalue weighted by molar-refractivity contribution is 0.477. The van der Waals surface area contributed by atoms with Gasteiger partial charge in [0.05, 0.1) is 17.3 Å². The Kier molecular flexibility index (Phi) is 4.34. The largest absolute Gasteiger partial charge is 0.507 e. The Labute approximate surface area is 178 Å². The molecule has 0 saturated heterocycles. The molecule has 7 heteroatoms. The average Bonchev–Trinajstić information content (AvgIpc) is 3.15. The van der Waals surface area contributed by atoms with Crippen LogP contribution in [-0.4, -0.2) is 21.6 Å². The number of aromatic hydroxyl groups is 1. The summed E-state index contributed by atoms with van der Waals surface area (Å²) in [7, 11) is 0. The quantitative estimate of drug-likeness (QED) is 0.495. The van der Waals surface area contributed by atoms with Gasteiger partial charge in [-0.05, 0) is 60.4 Å². The van der Waals surface area contributed by atoms with Crippen molar-refractivity contribution in [1.82, 2.24) is 9.97 Å². The number of oxazole rings is 1. The van der Waals surface area contributed by atoms with Gasteiger partial charge in [-0.25, -0.2) is 4.98 Å². The molecule has 0 aliphatic carbocycles. The summed E-state index contributed by atoms with van der Waals surface area (Å²) in [6, 6.07) is 15.5. The lowest BCUT2D eigenvalue weighted by atomic mass is 9.95. The summed E-state index contributed by atoms with van der Waals surface area (Å²) < 4.78 is 5.95. The van der Waals surface area contributed by atoms with Crippen LogP contribution >= 0.6 is 11.6 Å². The summed E-state index contributed by atoms with van der Waals surface area (Å²) in [6.45, 7) is 3.21. The summed E-state index contributed by atoms with van der Waals surface area (Å²) in [5.74, 6) is 0.0801. The monoisotopic (exact) mass is 416 g/mol. The van der Waals surface area contributed by atoms with Crippen molar-refractivity contribution in [2.24, 2.45) is 0 Å². The number of nitriles is 1. The maximum atomic E-state index is 10.3. The molecule has 0 atom stereocenters. The number of anilines is 1. The first kappa shape index (κ1) is 18.5. The van der Waals surface area contributed by atoms with E-state index in [4.69, 9.17) is 16.0 Å². The number of hydrogen-bond donors (Lipinski definition) is 1. The lowest BCUT2D eigenvalue weighted by Crippen LogP contribution is -2.31. The van der Waals surface area contributed by atoms with Crippen LogP contribution in [0.5, 0.6) is 5.75 Å². The van der Waals surface area contributed by atoms with E-state index in [0.29, 0.717) is 46.6 Å². The summed E-state index contributed by atoms with van der Waals surface area (Å²) in [4.78, 5) is 11.2. The first-order valence-corrected chi connectivity index (χ1v) is 9.94. The molecule has 4 aromatic rings. The van der Waals surface area contributed by atoms with E-state index >= 15 is 0 Å². The minimum absolute atomic E-state index is 0.0801. The van der Waals surface area contributed by atoms with Crippen LogP contribution in [0.4, 0.5) is 6.01 Å². The first-order valence-electron chi connectivity index (χ1n) is 9.56. The minimum atomic E-state index is 0.0801. The molecule has 0 saturated carbocycles. The van der Waals surface area contributed by atoms with Crippen LogP contribution < -0.4 is 4.90 Å². The van der Waals surface area contributed by atoms with E-state index in [1.54, 1.807) is 12.1 Å². The van der Waals surface area contributed by atoms with Gasteiger partial charge >= 0.3 is 0 Å². The molecule has 6 nitrogen and oxygen atoms in total. The van der Waals surface area contributed by atoms with Crippen LogP contribution in [0.1, 0.15) is 22.3 Å². The standard InChI is InChI=1S/C23H17ClN4O2/c1-13-9-16(24)10-19(29)21(13)18-5-6-20-22(26-18)27-23(30-20)28-8-7-17-14(11-25)3-2-4-15(17)12-28/h2-6,9-10,29H,7-8,12H2,1H3. The Bertz CT molecular complexity index is 1320. The third kappa shape index (κ3) is 3.04. The Morgan fingerprint density at radius 1 is 1.20 bits per heavy atom. The summed E-state index contributed by atoms with van der Waals surface area (Å²) >= 11 is 6.02. The molecule has 2 aromatic heterocycles. The van der Waals surface area contributed by atoms with Gasteiger partial charge in [-0.3, -0.25) is 0 Å². The van der Waals surface area contributed by atoms with Crippen molar-refractivity contribution in [3.8, 4) is 23.1 Å². The van der Waals surface area contributed by atoms with Gasteiger partial charge in [0.2, 0.25) is 5.65 Å². The normalized spacial score (nSPS) is 13.3. The van der Waals surface area contributed by atoms with Gasteiger partial charge in [-0.2, -0.15) is 10.2 Å². The number of fused-ring (bicyclic) bond motifs is 2. The second-order valence-corrected chi connectivity index (χ2v) is 7.79. The van der Waals surface area contributed by atoms with Gasteiger partial charge < -0.3 is 14.4 Å².